The number of nitrogens with two attached hydrogens (primary N) is 1. The van der Waals surface area contributed by atoms with Gasteiger partial charge in [-0.05, 0) is 137 Å². The molecular formula is C71H109F2N17O16S. The molecule has 0 unspecified atom stereocenters. The fraction of sp³-hybridized carbons (Fsp3) is 0.620. The second-order valence-electron chi connectivity index (χ2n) is 28.9. The van der Waals surface area contributed by atoms with E-state index in [0.29, 0.717) is 75.5 Å². The lowest BCUT2D eigenvalue weighted by atomic mass is 10.0. The van der Waals surface area contributed by atoms with Crippen molar-refractivity contribution in [2.24, 2.45) is 16.0 Å². The maximum atomic E-state index is 15.3. The molecule has 2 aromatic carbocycles. The zero-order chi connectivity index (χ0) is 79.2. The molecule has 1 aromatic heterocycles. The van der Waals surface area contributed by atoms with Crippen LogP contribution in [0.4, 0.5) is 30.0 Å². The van der Waals surface area contributed by atoms with Crippen LogP contribution < -0.4 is 63.1 Å². The average molecular weight is 1530 g/mol. The molecule has 36 heteroatoms. The highest BCUT2D eigenvalue weighted by Crippen LogP contribution is 2.34. The highest BCUT2D eigenvalue weighted by molar-refractivity contribution is 7.92. The number of likely N-dealkylation sites (tertiary alicyclic amines) is 1. The van der Waals surface area contributed by atoms with Gasteiger partial charge < -0.3 is 87.2 Å². The highest BCUT2D eigenvalue weighted by atomic mass is 32.2. The Bertz CT molecular complexity index is 3700. The quantitative estimate of drug-likeness (QED) is 0.0374. The molecule has 0 radical (unpaired) electrons. The van der Waals surface area contributed by atoms with Crippen molar-refractivity contribution in [2.45, 2.75) is 161 Å². The molecule has 0 aliphatic carbocycles. The van der Waals surface area contributed by atoms with E-state index in [-0.39, 0.29) is 126 Å². The van der Waals surface area contributed by atoms with E-state index in [1.807, 2.05) is 23.9 Å². The van der Waals surface area contributed by atoms with Crippen LogP contribution in [0.25, 0.3) is 11.3 Å². The summed E-state index contributed by atoms with van der Waals surface area (Å²) >= 11 is 0. The van der Waals surface area contributed by atoms with E-state index >= 15 is 4.39 Å². The van der Waals surface area contributed by atoms with E-state index in [1.165, 1.54) is 23.3 Å². The van der Waals surface area contributed by atoms with Gasteiger partial charge in [0.1, 0.15) is 58.4 Å². The SMILES string of the molecule is CC(C)[C@H](NC(=O)[C@@H]1CCCN1C(=O)[C@H](CC(N)=O)NC(=O)CN(C)CCN(C)CCN(C)CCNC(=O)CCCC(=O)N[C@@H](CCC(=O)NCCNC(=O)OC(C)(C)C)C(=O)NCCNC(=O)OC(C)(C)C)C(=O)N=[S@@](C)(=O)Cc1cc2cc(c1)OCCCCOc1cc(F)ccc1-c1nc(ncc1F)N2. The first-order valence-corrected chi connectivity index (χ1v) is 37.9. The van der Waals surface area contributed by atoms with Gasteiger partial charge in [0.2, 0.25) is 53.2 Å². The Morgan fingerprint density at radius 3 is 1.94 bits per heavy atom. The number of hydrogen-bond donors (Lipinski definition) is 10. The Kier molecular flexibility index (Phi) is 35.3. The molecule has 2 aliphatic heterocycles. The van der Waals surface area contributed by atoms with Gasteiger partial charge in [0, 0.05) is 121 Å². The molecule has 11 amide bonds. The number of carbonyl (C=O) groups excluding carboxylic acids is 11. The van der Waals surface area contributed by atoms with Crippen LogP contribution in [-0.4, -0.2) is 254 Å². The lowest BCUT2D eigenvalue weighted by Crippen LogP contribution is -2.57. The summed E-state index contributed by atoms with van der Waals surface area (Å²) in [4.78, 5) is 160. The monoisotopic (exact) mass is 1530 g/mol. The smallest absolute Gasteiger partial charge is 0.407 e. The molecule has 107 heavy (non-hydrogen) atoms. The summed E-state index contributed by atoms with van der Waals surface area (Å²) in [5.41, 5.74) is 5.02. The third kappa shape index (κ3) is 33.5. The Hall–Kier alpha value is -9.42. The van der Waals surface area contributed by atoms with Crippen molar-refractivity contribution in [3.05, 3.63) is 59.8 Å². The molecule has 4 bridgehead atoms. The topological polar surface area (TPSA) is 427 Å². The Morgan fingerprint density at radius 1 is 0.710 bits per heavy atom. The minimum absolute atomic E-state index is 0.00137. The fourth-order valence-electron chi connectivity index (χ4n) is 11.0. The number of likely N-dealkylation sites (N-methyl/N-ethyl adjacent to an activating group) is 3. The fourth-order valence-corrected chi connectivity index (χ4v) is 12.4. The number of primary amides is 1. The Labute approximate surface area is 624 Å². The van der Waals surface area contributed by atoms with Crippen molar-refractivity contribution < 1.29 is 84.7 Å². The van der Waals surface area contributed by atoms with Crippen molar-refractivity contribution in [1.82, 2.24) is 72.1 Å². The van der Waals surface area contributed by atoms with E-state index in [4.69, 9.17) is 24.7 Å². The standard InChI is InChI=1S/C71H109F2N17O16S/c1-45(2)61(65(98)86-107(12,102)44-46-37-48-40-49(38-46)103-35-13-14-36-104-55-39-47(72)20-21-50(55)62-51(73)42-80-67(81-48)85-62)84-64(97)54-17-16-29-90(54)66(99)53(41-56(74)91)83-60(95)43-89(11)34-33-88(10)32-31-87(9)30-28-76-57(92)18-15-19-59(94)82-52(63(96)77-25-27-79-69(101)106-71(6,7)8)22-23-58(93)75-24-26-78-68(100)105-70(3,4)5/h20-21,37-40,42,45,52-54,61H,13-19,22-36,41,43-44H2,1-12H3,(H2,74,91)(H,75,93)(H,76,92)(H,77,96)(H,78,100)(H,79,101)(H,82,94)(H,83,95)(H,84,97)(H,80,81,85)/t52-,53-,54-,61-,107-/m0/s1. The predicted octanol–water partition coefficient (Wildman–Crippen LogP) is 2.96. The summed E-state index contributed by atoms with van der Waals surface area (Å²) in [6.07, 6.45) is 1.82. The maximum absolute atomic E-state index is 15.3. The van der Waals surface area contributed by atoms with Crippen LogP contribution in [0.15, 0.2) is 47.0 Å². The van der Waals surface area contributed by atoms with E-state index in [9.17, 15) is 61.3 Å². The number of amides is 11. The first-order valence-electron chi connectivity index (χ1n) is 35.8. The molecule has 0 saturated carbocycles. The molecular weight excluding hydrogens is 1420 g/mol. The number of ether oxygens (including phenoxy) is 4. The van der Waals surface area contributed by atoms with Crippen LogP contribution in [-0.2, 0) is 68.1 Å². The van der Waals surface area contributed by atoms with Gasteiger partial charge in [-0.3, -0.25) is 48.1 Å². The molecule has 3 aromatic rings. The van der Waals surface area contributed by atoms with Crippen LogP contribution in [0.2, 0.25) is 0 Å². The minimum Gasteiger partial charge on any atom is -0.494 e. The first kappa shape index (κ1) is 88.2. The molecule has 1 fully saturated rings. The zero-order valence-electron chi connectivity index (χ0n) is 63.5. The molecule has 594 valence electrons. The number of anilines is 2. The zero-order valence-corrected chi connectivity index (χ0v) is 64.3. The van der Waals surface area contributed by atoms with Gasteiger partial charge in [-0.1, -0.05) is 13.8 Å². The summed E-state index contributed by atoms with van der Waals surface area (Å²) in [5, 5.41) is 24.2. The number of carbonyl (C=O) groups is 11. The van der Waals surface area contributed by atoms with Gasteiger partial charge >= 0.3 is 12.2 Å². The lowest BCUT2D eigenvalue weighted by Gasteiger charge is -2.30. The second kappa shape index (κ2) is 42.8. The predicted molar refractivity (Wildman–Crippen MR) is 395 cm³/mol. The number of alkyl carbamates (subject to hydrolysis) is 2. The summed E-state index contributed by atoms with van der Waals surface area (Å²) in [6.45, 7) is 17.1. The Morgan fingerprint density at radius 2 is 1.30 bits per heavy atom. The maximum Gasteiger partial charge on any atom is 0.407 e. The summed E-state index contributed by atoms with van der Waals surface area (Å²) < 4.78 is 70.3. The molecule has 33 nitrogen and oxygen atoms in total. The van der Waals surface area contributed by atoms with Crippen LogP contribution >= 0.6 is 0 Å². The van der Waals surface area contributed by atoms with Crippen molar-refractivity contribution in [1.29, 1.82) is 0 Å². The minimum atomic E-state index is -3.39. The third-order valence-corrected chi connectivity index (χ3v) is 17.8. The van der Waals surface area contributed by atoms with E-state index in [0.717, 1.165) is 12.3 Å². The van der Waals surface area contributed by atoms with Gasteiger partial charge in [0.25, 0.3) is 5.91 Å². The number of fused-ring (bicyclic) bond motifs is 6. The number of hydrogen-bond acceptors (Lipinski definition) is 22. The largest absolute Gasteiger partial charge is 0.494 e. The van der Waals surface area contributed by atoms with Gasteiger partial charge in [-0.15, -0.1) is 0 Å². The summed E-state index contributed by atoms with van der Waals surface area (Å²) in [6, 6.07) is 3.65. The number of halogens is 2. The van der Waals surface area contributed by atoms with Crippen molar-refractivity contribution >= 4 is 86.7 Å². The van der Waals surface area contributed by atoms with Crippen molar-refractivity contribution in [2.75, 3.05) is 124 Å². The molecule has 1 saturated heterocycles. The number of aromatic nitrogens is 2. The number of benzene rings is 2. The van der Waals surface area contributed by atoms with Gasteiger partial charge in [0.15, 0.2) is 5.82 Å². The van der Waals surface area contributed by atoms with E-state index in [1.54, 1.807) is 85.5 Å². The molecule has 2 aliphatic rings. The lowest BCUT2D eigenvalue weighted by molar-refractivity contribution is -0.143. The summed E-state index contributed by atoms with van der Waals surface area (Å²) in [7, 11) is 2.11. The number of nitrogens with one attached hydrogen (secondary N) is 9. The number of rotatable bonds is 36. The van der Waals surface area contributed by atoms with Gasteiger partial charge in [-0.25, -0.2) is 32.5 Å². The molecule has 5 atom stereocenters. The average Bonchev–Trinajstić information content (AvgIpc) is 1.76. The molecule has 3 heterocycles. The summed E-state index contributed by atoms with van der Waals surface area (Å²) in [5.74, 6) is -7.35. The van der Waals surface area contributed by atoms with E-state index in [2.05, 4.69) is 62.2 Å². The van der Waals surface area contributed by atoms with Crippen molar-refractivity contribution in [3.63, 3.8) is 0 Å². The van der Waals surface area contributed by atoms with Crippen LogP contribution in [0, 0.1) is 17.6 Å². The molecule has 11 N–H and O–H groups in total. The first-order chi connectivity index (χ1) is 50.3. The number of nitrogens with zero attached hydrogens (tertiary/aromatic N) is 7. The normalized spacial score (nSPS) is 15.2. The van der Waals surface area contributed by atoms with Gasteiger partial charge in [0.05, 0.1) is 47.9 Å². The van der Waals surface area contributed by atoms with Crippen LogP contribution in [0.3, 0.4) is 0 Å². The van der Waals surface area contributed by atoms with Crippen LogP contribution in [0.1, 0.15) is 125 Å². The highest BCUT2D eigenvalue weighted by Gasteiger charge is 2.40. The van der Waals surface area contributed by atoms with Crippen molar-refractivity contribution in [3.8, 4) is 22.8 Å². The second-order valence-corrected chi connectivity index (χ2v) is 31.3. The van der Waals surface area contributed by atoms with E-state index < -0.39 is 129 Å². The molecule has 0 spiro atoms. The van der Waals surface area contributed by atoms with Gasteiger partial charge in [-0.2, -0.15) is 4.36 Å². The molecule has 5 rings (SSSR count). The Balaban J connectivity index is 1.05. The van der Waals surface area contributed by atoms with Crippen LogP contribution in [0.5, 0.6) is 11.5 Å². The third-order valence-electron chi connectivity index (χ3n) is 16.3.